The number of nitrogens with one attached hydrogen (secondary N) is 1. The second-order valence-electron chi connectivity index (χ2n) is 4.90. The van der Waals surface area contributed by atoms with Crippen molar-refractivity contribution in [1.29, 1.82) is 0 Å². The zero-order chi connectivity index (χ0) is 12.1. The summed E-state index contributed by atoms with van der Waals surface area (Å²) in [6.07, 6.45) is 8.25. The Morgan fingerprint density at radius 1 is 1.47 bits per heavy atom. The highest BCUT2D eigenvalue weighted by molar-refractivity contribution is 9.10. The van der Waals surface area contributed by atoms with E-state index in [1.54, 1.807) is 0 Å². The van der Waals surface area contributed by atoms with Crippen molar-refractivity contribution in [1.82, 2.24) is 10.3 Å². The molecular weight excluding hydrogens is 276 g/mol. The first-order valence-electron chi connectivity index (χ1n) is 6.63. The maximum Gasteiger partial charge on any atom is 0.0413 e. The van der Waals surface area contributed by atoms with Crippen LogP contribution in [0, 0.1) is 5.92 Å². The Morgan fingerprint density at radius 2 is 2.29 bits per heavy atom. The maximum atomic E-state index is 4.44. The summed E-state index contributed by atoms with van der Waals surface area (Å²) in [4.78, 5) is 4.44. The molecule has 0 saturated heterocycles. The number of hydrogen-bond donors (Lipinski definition) is 1. The number of hydrogen-bond acceptors (Lipinski definition) is 2. The number of aryl methyl sites for hydroxylation is 1. The van der Waals surface area contributed by atoms with E-state index in [-0.39, 0.29) is 0 Å². The molecule has 1 aromatic heterocycles. The Hall–Kier alpha value is -0.410. The molecule has 0 aromatic carbocycles. The summed E-state index contributed by atoms with van der Waals surface area (Å²) in [6, 6.07) is 4.90. The van der Waals surface area contributed by atoms with Gasteiger partial charge in [0.25, 0.3) is 0 Å². The molecule has 3 heteroatoms. The van der Waals surface area contributed by atoms with Crippen LogP contribution in [0.25, 0.3) is 0 Å². The molecule has 17 heavy (non-hydrogen) atoms. The van der Waals surface area contributed by atoms with E-state index in [1.165, 1.54) is 31.4 Å². The quantitative estimate of drug-likeness (QED) is 0.832. The lowest BCUT2D eigenvalue weighted by atomic mass is 10.0. The molecule has 1 heterocycles. The molecule has 1 aromatic rings. The predicted octanol–water partition coefficient (Wildman–Crippen LogP) is 3.55. The first-order chi connectivity index (χ1) is 8.29. The molecule has 0 spiro atoms. The van der Waals surface area contributed by atoms with E-state index >= 15 is 0 Å². The zero-order valence-corrected chi connectivity index (χ0v) is 12.0. The van der Waals surface area contributed by atoms with Crippen molar-refractivity contribution < 1.29 is 0 Å². The van der Waals surface area contributed by atoms with Gasteiger partial charge in [0.05, 0.1) is 0 Å². The van der Waals surface area contributed by atoms with E-state index in [9.17, 15) is 0 Å². The average molecular weight is 297 g/mol. The van der Waals surface area contributed by atoms with E-state index in [4.69, 9.17) is 0 Å². The van der Waals surface area contributed by atoms with Crippen LogP contribution in [0.2, 0.25) is 0 Å². The third-order valence-electron chi connectivity index (χ3n) is 3.35. The first-order valence-corrected chi connectivity index (χ1v) is 7.42. The minimum absolute atomic E-state index is 0.709. The molecule has 0 amide bonds. The van der Waals surface area contributed by atoms with Crippen LogP contribution in [-0.4, -0.2) is 17.6 Å². The van der Waals surface area contributed by atoms with E-state index in [0.29, 0.717) is 6.04 Å². The van der Waals surface area contributed by atoms with Gasteiger partial charge in [0, 0.05) is 22.4 Å². The Balaban J connectivity index is 1.80. The van der Waals surface area contributed by atoms with Crippen molar-refractivity contribution in [3.8, 4) is 0 Å². The highest BCUT2D eigenvalue weighted by Gasteiger charge is 2.30. The fourth-order valence-corrected chi connectivity index (χ4v) is 2.43. The summed E-state index contributed by atoms with van der Waals surface area (Å²) in [5.41, 5.74) is 1.21. The lowest BCUT2D eigenvalue weighted by molar-refractivity contribution is 0.434. The highest BCUT2D eigenvalue weighted by atomic mass is 79.9. The number of rotatable bonds is 7. The Labute approximate surface area is 112 Å². The number of pyridine rings is 1. The van der Waals surface area contributed by atoms with E-state index in [0.717, 1.165) is 23.4 Å². The summed E-state index contributed by atoms with van der Waals surface area (Å²) in [6.45, 7) is 3.38. The van der Waals surface area contributed by atoms with Crippen LogP contribution in [0.4, 0.5) is 0 Å². The average Bonchev–Trinajstić information content (AvgIpc) is 3.16. The van der Waals surface area contributed by atoms with Crippen molar-refractivity contribution in [2.75, 3.05) is 6.54 Å². The lowest BCUT2D eigenvalue weighted by Crippen LogP contribution is -2.32. The van der Waals surface area contributed by atoms with Crippen molar-refractivity contribution in [2.24, 2.45) is 5.92 Å². The number of nitrogens with zero attached hydrogens (tertiary/aromatic N) is 1. The second-order valence-corrected chi connectivity index (χ2v) is 5.82. The van der Waals surface area contributed by atoms with Crippen molar-refractivity contribution in [3.63, 3.8) is 0 Å². The fourth-order valence-electron chi connectivity index (χ4n) is 2.19. The van der Waals surface area contributed by atoms with Gasteiger partial charge in [0.15, 0.2) is 0 Å². The third-order valence-corrected chi connectivity index (χ3v) is 3.82. The summed E-state index contributed by atoms with van der Waals surface area (Å²) < 4.78 is 1.06. The highest BCUT2D eigenvalue weighted by Crippen LogP contribution is 2.34. The Bertz CT molecular complexity index is 333. The topological polar surface area (TPSA) is 24.9 Å². The second kappa shape index (κ2) is 6.50. The molecule has 1 unspecified atom stereocenters. The van der Waals surface area contributed by atoms with Gasteiger partial charge in [-0.15, -0.1) is 0 Å². The maximum absolute atomic E-state index is 4.44. The standard InChI is InChI=1S/C14H21BrN2/c1-2-9-16-14(11-3-4-11)8-7-13-6-5-12(15)10-17-13/h5-6,10-11,14,16H,2-4,7-9H2,1H3. The molecule has 1 atom stereocenters. The van der Waals surface area contributed by atoms with Crippen molar-refractivity contribution in [3.05, 3.63) is 28.5 Å². The summed E-state index contributed by atoms with van der Waals surface area (Å²) >= 11 is 3.42. The van der Waals surface area contributed by atoms with Crippen LogP contribution >= 0.6 is 15.9 Å². The largest absolute Gasteiger partial charge is 0.314 e. The lowest BCUT2D eigenvalue weighted by Gasteiger charge is -2.17. The van der Waals surface area contributed by atoms with Crippen LogP contribution in [0.1, 0.15) is 38.3 Å². The molecule has 94 valence electrons. The molecule has 1 aliphatic carbocycles. The van der Waals surface area contributed by atoms with Gasteiger partial charge in [-0.1, -0.05) is 6.92 Å². The molecule has 2 nitrogen and oxygen atoms in total. The molecule has 1 fully saturated rings. The third kappa shape index (κ3) is 4.40. The molecule has 1 N–H and O–H groups in total. The van der Waals surface area contributed by atoms with Crippen molar-refractivity contribution in [2.45, 2.75) is 45.1 Å². The summed E-state index contributed by atoms with van der Waals surface area (Å²) in [7, 11) is 0. The fraction of sp³-hybridized carbons (Fsp3) is 0.643. The van der Waals surface area contributed by atoms with Crippen LogP contribution < -0.4 is 5.32 Å². The van der Waals surface area contributed by atoms with Gasteiger partial charge in [0.1, 0.15) is 0 Å². The van der Waals surface area contributed by atoms with Crippen LogP contribution in [-0.2, 0) is 6.42 Å². The molecule has 2 rings (SSSR count). The zero-order valence-electron chi connectivity index (χ0n) is 10.5. The number of halogens is 1. The molecular formula is C14H21BrN2. The van der Waals surface area contributed by atoms with Gasteiger partial charge in [-0.3, -0.25) is 4.98 Å². The Kier molecular flexibility index (Phi) is 4.99. The molecule has 0 bridgehead atoms. The molecule has 0 aliphatic heterocycles. The normalized spacial score (nSPS) is 17.1. The predicted molar refractivity (Wildman–Crippen MR) is 75.1 cm³/mol. The molecule has 0 radical (unpaired) electrons. The molecule has 1 aliphatic rings. The Morgan fingerprint density at radius 3 is 2.88 bits per heavy atom. The van der Waals surface area contributed by atoms with Gasteiger partial charge in [-0.2, -0.15) is 0 Å². The SMILES string of the molecule is CCCNC(CCc1ccc(Br)cn1)C1CC1. The number of aromatic nitrogens is 1. The monoisotopic (exact) mass is 296 g/mol. The minimum Gasteiger partial charge on any atom is -0.314 e. The van der Waals surface area contributed by atoms with E-state index in [2.05, 4.69) is 45.3 Å². The van der Waals surface area contributed by atoms with E-state index < -0.39 is 0 Å². The molecule has 1 saturated carbocycles. The van der Waals surface area contributed by atoms with Crippen LogP contribution in [0.5, 0.6) is 0 Å². The van der Waals surface area contributed by atoms with Gasteiger partial charge < -0.3 is 5.32 Å². The minimum atomic E-state index is 0.709. The summed E-state index contributed by atoms with van der Waals surface area (Å²) in [5.74, 6) is 0.928. The smallest absolute Gasteiger partial charge is 0.0413 e. The van der Waals surface area contributed by atoms with Crippen molar-refractivity contribution >= 4 is 15.9 Å². The van der Waals surface area contributed by atoms with Crippen LogP contribution in [0.15, 0.2) is 22.8 Å². The first kappa shape index (κ1) is 13.0. The van der Waals surface area contributed by atoms with Gasteiger partial charge >= 0.3 is 0 Å². The van der Waals surface area contributed by atoms with Gasteiger partial charge in [0.2, 0.25) is 0 Å². The van der Waals surface area contributed by atoms with Gasteiger partial charge in [-0.25, -0.2) is 0 Å². The van der Waals surface area contributed by atoms with E-state index in [1.807, 2.05) is 6.20 Å². The van der Waals surface area contributed by atoms with Crippen LogP contribution in [0.3, 0.4) is 0 Å². The van der Waals surface area contributed by atoms with Gasteiger partial charge in [-0.05, 0) is 72.6 Å². The summed E-state index contributed by atoms with van der Waals surface area (Å²) in [5, 5.41) is 3.68.